The lowest BCUT2D eigenvalue weighted by Crippen LogP contribution is -2.49. The molecule has 1 N–H and O–H groups in total. The second kappa shape index (κ2) is 5.89. The van der Waals surface area contributed by atoms with Crippen molar-refractivity contribution >= 4 is 10.0 Å². The number of β-amino-alcohol motifs (C(OH)–C–C–N with tert-alkyl or cyclic N) is 1. The van der Waals surface area contributed by atoms with Crippen molar-refractivity contribution in [3.63, 3.8) is 0 Å². The van der Waals surface area contributed by atoms with Gasteiger partial charge < -0.3 is 9.84 Å². The summed E-state index contributed by atoms with van der Waals surface area (Å²) in [6.45, 7) is 4.80. The summed E-state index contributed by atoms with van der Waals surface area (Å²) >= 11 is 0. The number of aliphatic hydroxyl groups excluding tert-OH is 1. The van der Waals surface area contributed by atoms with E-state index in [-0.39, 0.29) is 17.5 Å². The molecule has 1 aromatic heterocycles. The summed E-state index contributed by atoms with van der Waals surface area (Å²) in [5.41, 5.74) is 0.479. The quantitative estimate of drug-likeness (QED) is 0.749. The summed E-state index contributed by atoms with van der Waals surface area (Å²) in [7, 11) is -1.93. The number of aromatic nitrogens is 2. The molecule has 2 saturated heterocycles. The predicted octanol–water partition coefficient (Wildman–Crippen LogP) is -1.21. The first-order chi connectivity index (χ1) is 10.4. The molecule has 0 bridgehead atoms. The van der Waals surface area contributed by atoms with Crippen LogP contribution in [0.15, 0.2) is 11.1 Å². The van der Waals surface area contributed by atoms with E-state index in [1.807, 2.05) is 0 Å². The molecule has 0 spiro atoms. The van der Waals surface area contributed by atoms with Gasteiger partial charge in [-0.3, -0.25) is 9.58 Å². The Hall–Kier alpha value is -1.00. The topological polar surface area (TPSA) is 87.9 Å². The van der Waals surface area contributed by atoms with E-state index in [1.165, 1.54) is 15.2 Å². The van der Waals surface area contributed by atoms with Crippen LogP contribution in [0.1, 0.15) is 5.69 Å². The van der Waals surface area contributed by atoms with E-state index in [0.717, 1.165) is 13.1 Å². The second-order valence-corrected chi connectivity index (χ2v) is 7.76. The summed E-state index contributed by atoms with van der Waals surface area (Å²) in [6, 6.07) is -0.171. The minimum absolute atomic E-state index is 0.124. The second-order valence-electron chi connectivity index (χ2n) is 5.86. The average molecular weight is 330 g/mol. The molecule has 2 aliphatic heterocycles. The van der Waals surface area contributed by atoms with Gasteiger partial charge in [-0.25, -0.2) is 8.42 Å². The molecule has 3 heterocycles. The van der Waals surface area contributed by atoms with Crippen LogP contribution in [0.25, 0.3) is 0 Å². The van der Waals surface area contributed by atoms with Crippen molar-refractivity contribution in [2.24, 2.45) is 7.05 Å². The number of rotatable bonds is 3. The molecule has 3 rings (SSSR count). The third-order valence-corrected chi connectivity index (χ3v) is 6.26. The van der Waals surface area contributed by atoms with Crippen LogP contribution in [0.5, 0.6) is 0 Å². The highest BCUT2D eigenvalue weighted by Crippen LogP contribution is 2.25. The Morgan fingerprint density at radius 2 is 2.00 bits per heavy atom. The molecule has 1 aromatic rings. The fourth-order valence-corrected chi connectivity index (χ4v) is 4.85. The van der Waals surface area contributed by atoms with Crippen molar-refractivity contribution in [2.45, 2.75) is 24.0 Å². The Balaban J connectivity index is 1.79. The molecule has 0 saturated carbocycles. The first kappa shape index (κ1) is 15.9. The maximum atomic E-state index is 12.8. The van der Waals surface area contributed by atoms with E-state index in [1.54, 1.807) is 14.0 Å². The lowest BCUT2D eigenvalue weighted by atomic mass is 10.2. The highest BCUT2D eigenvalue weighted by atomic mass is 32.2. The molecule has 124 valence electrons. The van der Waals surface area contributed by atoms with Crippen LogP contribution in [0.3, 0.4) is 0 Å². The molecule has 8 nitrogen and oxygen atoms in total. The summed E-state index contributed by atoms with van der Waals surface area (Å²) in [6.07, 6.45) is 0.837. The third kappa shape index (κ3) is 2.79. The Kier molecular flexibility index (Phi) is 4.25. The van der Waals surface area contributed by atoms with Gasteiger partial charge in [0.1, 0.15) is 4.90 Å². The van der Waals surface area contributed by atoms with Gasteiger partial charge in [-0.2, -0.15) is 9.40 Å². The zero-order chi connectivity index (χ0) is 15.9. The Bertz CT molecular complexity index is 638. The number of ether oxygens (including phenoxy) is 1. The Morgan fingerprint density at radius 1 is 1.32 bits per heavy atom. The highest BCUT2D eigenvalue weighted by molar-refractivity contribution is 7.89. The molecule has 22 heavy (non-hydrogen) atoms. The van der Waals surface area contributed by atoms with E-state index in [4.69, 9.17) is 4.74 Å². The molecule has 0 aliphatic carbocycles. The van der Waals surface area contributed by atoms with E-state index >= 15 is 0 Å². The number of sulfonamides is 1. The molecular formula is C13H22N4O4S. The zero-order valence-corrected chi connectivity index (χ0v) is 13.7. The fourth-order valence-electron chi connectivity index (χ4n) is 3.17. The van der Waals surface area contributed by atoms with E-state index in [9.17, 15) is 13.5 Å². The van der Waals surface area contributed by atoms with Gasteiger partial charge in [-0.15, -0.1) is 0 Å². The number of hydrogen-bond donors (Lipinski definition) is 1. The van der Waals surface area contributed by atoms with E-state index in [0.29, 0.717) is 25.5 Å². The molecule has 9 heteroatoms. The maximum absolute atomic E-state index is 12.8. The molecular weight excluding hydrogens is 308 g/mol. The highest BCUT2D eigenvalue weighted by Gasteiger charge is 2.42. The van der Waals surface area contributed by atoms with Gasteiger partial charge in [-0.05, 0) is 6.92 Å². The largest absolute Gasteiger partial charge is 0.390 e. The predicted molar refractivity (Wildman–Crippen MR) is 78.9 cm³/mol. The monoisotopic (exact) mass is 330 g/mol. The molecule has 2 atom stereocenters. The summed E-state index contributed by atoms with van der Waals surface area (Å²) in [4.78, 5) is 2.32. The average Bonchev–Trinajstić information content (AvgIpc) is 3.03. The molecule has 2 aliphatic rings. The first-order valence-electron chi connectivity index (χ1n) is 7.40. The van der Waals surface area contributed by atoms with Crippen LogP contribution in [0, 0.1) is 6.92 Å². The fraction of sp³-hybridized carbons (Fsp3) is 0.769. The van der Waals surface area contributed by atoms with Gasteiger partial charge in [0.05, 0.1) is 31.1 Å². The Morgan fingerprint density at radius 3 is 2.59 bits per heavy atom. The lowest BCUT2D eigenvalue weighted by molar-refractivity contribution is -0.00602. The van der Waals surface area contributed by atoms with Gasteiger partial charge in [0.2, 0.25) is 10.0 Å². The van der Waals surface area contributed by atoms with E-state index < -0.39 is 16.1 Å². The van der Waals surface area contributed by atoms with Gasteiger partial charge in [0.25, 0.3) is 0 Å². The minimum Gasteiger partial charge on any atom is -0.390 e. The van der Waals surface area contributed by atoms with Crippen molar-refractivity contribution in [3.8, 4) is 0 Å². The normalized spacial score (nSPS) is 28.3. The standard InChI is InChI=1S/C13H22N4O4S/c1-10-13(9-15(2)14-10)22(19,20)17-7-11(12(18)8-17)16-3-5-21-6-4-16/h9,11-12,18H,3-8H2,1-2H3/t11-,12-/m1/s1. The third-order valence-electron chi connectivity index (χ3n) is 4.33. The molecule has 0 amide bonds. The van der Waals surface area contributed by atoms with Gasteiger partial charge in [0, 0.05) is 39.4 Å². The molecule has 0 radical (unpaired) electrons. The molecule has 2 fully saturated rings. The van der Waals surface area contributed by atoms with Crippen molar-refractivity contribution in [2.75, 3.05) is 39.4 Å². The van der Waals surface area contributed by atoms with Crippen molar-refractivity contribution in [3.05, 3.63) is 11.9 Å². The van der Waals surface area contributed by atoms with Gasteiger partial charge in [0.15, 0.2) is 0 Å². The van der Waals surface area contributed by atoms with Gasteiger partial charge >= 0.3 is 0 Å². The number of aryl methyl sites for hydroxylation is 2. The van der Waals surface area contributed by atoms with Crippen LogP contribution < -0.4 is 0 Å². The first-order valence-corrected chi connectivity index (χ1v) is 8.84. The summed E-state index contributed by atoms with van der Waals surface area (Å²) < 4.78 is 33.7. The van der Waals surface area contributed by atoms with Crippen LogP contribution in [0.2, 0.25) is 0 Å². The number of nitrogens with zero attached hydrogens (tertiary/aromatic N) is 4. The zero-order valence-electron chi connectivity index (χ0n) is 12.8. The summed E-state index contributed by atoms with van der Waals surface area (Å²) in [5.74, 6) is 0. The van der Waals surface area contributed by atoms with Crippen LogP contribution in [-0.2, 0) is 21.8 Å². The van der Waals surface area contributed by atoms with Crippen molar-refractivity contribution in [1.82, 2.24) is 19.0 Å². The number of hydrogen-bond acceptors (Lipinski definition) is 6. The van der Waals surface area contributed by atoms with Crippen LogP contribution in [-0.4, -0.2) is 84.0 Å². The smallest absolute Gasteiger partial charge is 0.246 e. The van der Waals surface area contributed by atoms with E-state index in [2.05, 4.69) is 10.00 Å². The maximum Gasteiger partial charge on any atom is 0.246 e. The van der Waals surface area contributed by atoms with Gasteiger partial charge in [-0.1, -0.05) is 0 Å². The molecule has 0 aromatic carbocycles. The van der Waals surface area contributed by atoms with Crippen LogP contribution >= 0.6 is 0 Å². The summed E-state index contributed by atoms with van der Waals surface area (Å²) in [5, 5.41) is 14.4. The number of morpholine rings is 1. The van der Waals surface area contributed by atoms with Crippen LogP contribution in [0.4, 0.5) is 0 Å². The van der Waals surface area contributed by atoms with Crippen molar-refractivity contribution < 1.29 is 18.3 Å². The van der Waals surface area contributed by atoms with Crippen molar-refractivity contribution in [1.29, 1.82) is 0 Å². The lowest BCUT2D eigenvalue weighted by Gasteiger charge is -2.33. The Labute approximate surface area is 130 Å². The SMILES string of the molecule is Cc1nn(C)cc1S(=O)(=O)N1C[C@@H](O)[C@H](N2CCOCC2)C1. The number of aliphatic hydroxyl groups is 1. The molecule has 0 unspecified atom stereocenters. The minimum atomic E-state index is -3.62.